The minimum absolute atomic E-state index is 0.169. The van der Waals surface area contributed by atoms with E-state index in [1.165, 1.54) is 0 Å². The molecule has 3 atom stereocenters. The number of carboxylic acid groups (broad SMARTS) is 1. The lowest BCUT2D eigenvalue weighted by Crippen LogP contribution is -2.37. The highest BCUT2D eigenvalue weighted by atomic mass is 16.5. The summed E-state index contributed by atoms with van der Waals surface area (Å²) in [6.07, 6.45) is 6.04. The Labute approximate surface area is 207 Å². The predicted octanol–water partition coefficient (Wildman–Crippen LogP) is 5.65. The Bertz CT molecular complexity index is 1050. The molecule has 0 saturated carbocycles. The van der Waals surface area contributed by atoms with Crippen molar-refractivity contribution in [2.24, 2.45) is 17.8 Å². The van der Waals surface area contributed by atoms with Crippen molar-refractivity contribution in [3.05, 3.63) is 70.8 Å². The first kappa shape index (κ1) is 26.3. The molecule has 6 heteroatoms. The molecular weight excluding hydrogens is 444 g/mol. The molecule has 1 aliphatic rings. The first-order valence-electron chi connectivity index (χ1n) is 12.2. The van der Waals surface area contributed by atoms with Crippen LogP contribution in [0, 0.1) is 31.6 Å². The Balaban J connectivity index is 1.75. The number of aliphatic carboxylic acids is 1. The summed E-state index contributed by atoms with van der Waals surface area (Å²) < 4.78 is 5.59. The van der Waals surface area contributed by atoms with Gasteiger partial charge in [0, 0.05) is 5.41 Å². The van der Waals surface area contributed by atoms with E-state index < -0.39 is 29.2 Å². The smallest absolute Gasteiger partial charge is 0.310 e. The monoisotopic (exact) mass is 480 g/mol. The number of rotatable bonds is 9. The van der Waals surface area contributed by atoms with Gasteiger partial charge in [-0.1, -0.05) is 50.3 Å². The van der Waals surface area contributed by atoms with E-state index >= 15 is 0 Å². The van der Waals surface area contributed by atoms with Gasteiger partial charge >= 0.3 is 11.9 Å². The van der Waals surface area contributed by atoms with Crippen LogP contribution in [0.1, 0.15) is 61.8 Å². The molecule has 3 rings (SSSR count). The van der Waals surface area contributed by atoms with Gasteiger partial charge < -0.3 is 20.1 Å². The number of allylic oxidation sites excluding steroid dienone is 2. The van der Waals surface area contributed by atoms with Gasteiger partial charge in [0.05, 0.1) is 18.4 Å². The second kappa shape index (κ2) is 11.0. The lowest BCUT2D eigenvalue weighted by atomic mass is 9.72. The van der Waals surface area contributed by atoms with Crippen molar-refractivity contribution in [3.63, 3.8) is 0 Å². The van der Waals surface area contributed by atoms with Crippen molar-refractivity contribution in [1.29, 1.82) is 0 Å². The van der Waals surface area contributed by atoms with E-state index in [4.69, 9.17) is 4.74 Å². The van der Waals surface area contributed by atoms with Gasteiger partial charge in [0.2, 0.25) is 0 Å². The fraction of sp³-hybridized carbons (Fsp3) is 0.448. The standard InChI is InChI=1S/C29H36O6/c1-5-20-8-6-9-23(26(20)27(32)33)28(34)35-15-7-14-29(4,21-10-12-24(30)18(2)16-21)22-11-13-25(31)19(3)17-22/h6,8,10-13,16-17,20,23,26,30-31H,5,7,9,14-15H2,1-4H3,(H,32,33). The van der Waals surface area contributed by atoms with E-state index in [9.17, 15) is 24.9 Å². The number of esters is 1. The lowest BCUT2D eigenvalue weighted by molar-refractivity contribution is -0.159. The molecule has 188 valence electrons. The zero-order valence-corrected chi connectivity index (χ0v) is 21.0. The molecule has 0 radical (unpaired) electrons. The molecule has 0 spiro atoms. The van der Waals surface area contributed by atoms with Crippen molar-refractivity contribution >= 4 is 11.9 Å². The maximum Gasteiger partial charge on any atom is 0.310 e. The molecule has 0 bridgehead atoms. The van der Waals surface area contributed by atoms with E-state index in [0.29, 0.717) is 25.7 Å². The zero-order chi connectivity index (χ0) is 25.8. The Morgan fingerprint density at radius 2 is 1.60 bits per heavy atom. The summed E-state index contributed by atoms with van der Waals surface area (Å²) in [4.78, 5) is 24.7. The summed E-state index contributed by atoms with van der Waals surface area (Å²) in [7, 11) is 0. The maximum absolute atomic E-state index is 12.8. The van der Waals surface area contributed by atoms with E-state index in [1.54, 1.807) is 12.1 Å². The molecule has 0 saturated heterocycles. The zero-order valence-electron chi connectivity index (χ0n) is 21.0. The minimum Gasteiger partial charge on any atom is -0.508 e. The van der Waals surface area contributed by atoms with Gasteiger partial charge in [-0.05, 0) is 79.8 Å². The summed E-state index contributed by atoms with van der Waals surface area (Å²) in [6.45, 7) is 7.92. The first-order valence-corrected chi connectivity index (χ1v) is 12.2. The highest BCUT2D eigenvalue weighted by Gasteiger charge is 2.40. The Morgan fingerprint density at radius 1 is 1.03 bits per heavy atom. The van der Waals surface area contributed by atoms with E-state index in [2.05, 4.69) is 6.92 Å². The molecule has 2 aromatic carbocycles. The number of carbonyl (C=O) groups excluding carboxylic acids is 1. The number of carbonyl (C=O) groups is 2. The molecule has 3 unspecified atom stereocenters. The van der Waals surface area contributed by atoms with E-state index in [-0.39, 0.29) is 24.0 Å². The lowest BCUT2D eigenvalue weighted by Gasteiger charge is -2.32. The van der Waals surface area contributed by atoms with Crippen LogP contribution in [0.15, 0.2) is 48.6 Å². The van der Waals surface area contributed by atoms with Gasteiger partial charge in [0.1, 0.15) is 11.5 Å². The first-order chi connectivity index (χ1) is 16.6. The van der Waals surface area contributed by atoms with Crippen LogP contribution in [-0.4, -0.2) is 33.9 Å². The molecule has 0 amide bonds. The third kappa shape index (κ3) is 5.69. The summed E-state index contributed by atoms with van der Waals surface area (Å²) in [5.41, 5.74) is 3.11. The highest BCUT2D eigenvalue weighted by Crippen LogP contribution is 2.40. The predicted molar refractivity (Wildman–Crippen MR) is 134 cm³/mol. The molecule has 2 aromatic rings. The van der Waals surface area contributed by atoms with Crippen molar-refractivity contribution in [2.75, 3.05) is 6.61 Å². The topological polar surface area (TPSA) is 104 Å². The third-order valence-corrected chi connectivity index (χ3v) is 7.46. The number of aromatic hydroxyl groups is 2. The van der Waals surface area contributed by atoms with Gasteiger partial charge in [-0.2, -0.15) is 0 Å². The second-order valence-corrected chi connectivity index (χ2v) is 9.81. The average molecular weight is 481 g/mol. The molecule has 0 fully saturated rings. The molecular formula is C29H36O6. The number of benzene rings is 2. The molecule has 0 heterocycles. The fourth-order valence-corrected chi connectivity index (χ4v) is 5.11. The van der Waals surface area contributed by atoms with Crippen LogP contribution in [0.2, 0.25) is 0 Å². The van der Waals surface area contributed by atoms with Crippen LogP contribution >= 0.6 is 0 Å². The molecule has 0 aromatic heterocycles. The average Bonchev–Trinajstić information content (AvgIpc) is 2.84. The highest BCUT2D eigenvalue weighted by molar-refractivity contribution is 5.82. The minimum atomic E-state index is -0.957. The van der Waals surface area contributed by atoms with Crippen molar-refractivity contribution in [1.82, 2.24) is 0 Å². The molecule has 6 nitrogen and oxygen atoms in total. The molecule has 3 N–H and O–H groups in total. The molecule has 1 aliphatic carbocycles. The van der Waals surface area contributed by atoms with Crippen molar-refractivity contribution in [3.8, 4) is 11.5 Å². The number of ether oxygens (including phenoxy) is 1. The number of phenols is 2. The number of aryl methyl sites for hydroxylation is 2. The fourth-order valence-electron chi connectivity index (χ4n) is 5.11. The number of hydrogen-bond donors (Lipinski definition) is 3. The van der Waals surface area contributed by atoms with Crippen LogP contribution < -0.4 is 0 Å². The van der Waals surface area contributed by atoms with Gasteiger partial charge in [-0.15, -0.1) is 0 Å². The van der Waals surface area contributed by atoms with Gasteiger partial charge in [0.15, 0.2) is 0 Å². The quantitative estimate of drug-likeness (QED) is 0.243. The Kier molecular flexibility index (Phi) is 8.26. The van der Waals surface area contributed by atoms with Crippen LogP contribution in [0.5, 0.6) is 11.5 Å². The van der Waals surface area contributed by atoms with Crippen LogP contribution in [-0.2, 0) is 19.7 Å². The summed E-state index contributed by atoms with van der Waals surface area (Å²) in [5, 5.41) is 29.7. The number of hydrogen-bond acceptors (Lipinski definition) is 5. The second-order valence-electron chi connectivity index (χ2n) is 9.81. The van der Waals surface area contributed by atoms with Crippen molar-refractivity contribution in [2.45, 2.75) is 58.8 Å². The molecule has 35 heavy (non-hydrogen) atoms. The van der Waals surface area contributed by atoms with Crippen LogP contribution in [0.25, 0.3) is 0 Å². The van der Waals surface area contributed by atoms with E-state index in [1.807, 2.05) is 57.2 Å². The van der Waals surface area contributed by atoms with Crippen molar-refractivity contribution < 1.29 is 29.6 Å². The number of carboxylic acids is 1. The van der Waals surface area contributed by atoms with Gasteiger partial charge in [-0.25, -0.2) is 0 Å². The van der Waals surface area contributed by atoms with Crippen LogP contribution in [0.4, 0.5) is 0 Å². The Hall–Kier alpha value is -3.28. The summed E-state index contributed by atoms with van der Waals surface area (Å²) >= 11 is 0. The largest absolute Gasteiger partial charge is 0.508 e. The SMILES string of the molecule is CCC1C=CCC(C(=O)OCCCC(C)(c2ccc(O)c(C)c2)c2ccc(O)c(C)c2)C1C(=O)O. The van der Waals surface area contributed by atoms with E-state index in [0.717, 1.165) is 22.3 Å². The summed E-state index contributed by atoms with van der Waals surface area (Å²) in [5.74, 6) is -2.56. The molecule has 0 aliphatic heterocycles. The Morgan fingerprint density at radius 3 is 2.09 bits per heavy atom. The maximum atomic E-state index is 12.8. The third-order valence-electron chi connectivity index (χ3n) is 7.46. The number of phenolic OH excluding ortho intramolecular Hbond substituents is 2. The summed E-state index contributed by atoms with van der Waals surface area (Å²) in [6, 6.07) is 11.1. The normalized spacial score (nSPS) is 19.9. The van der Waals surface area contributed by atoms with Gasteiger partial charge in [-0.3, -0.25) is 9.59 Å². The van der Waals surface area contributed by atoms with Crippen LogP contribution in [0.3, 0.4) is 0 Å². The van der Waals surface area contributed by atoms with Gasteiger partial charge in [0.25, 0.3) is 0 Å².